The van der Waals surface area contributed by atoms with Crippen LogP contribution in [0.25, 0.3) is 5.76 Å². The van der Waals surface area contributed by atoms with Gasteiger partial charge in [-0.25, -0.2) is 0 Å². The minimum absolute atomic E-state index is 0.0358. The van der Waals surface area contributed by atoms with Crippen LogP contribution in [0.3, 0.4) is 0 Å². The highest BCUT2D eigenvalue weighted by atomic mass is 16.5. The van der Waals surface area contributed by atoms with Gasteiger partial charge >= 0.3 is 0 Å². The van der Waals surface area contributed by atoms with Gasteiger partial charge in [0, 0.05) is 12.1 Å². The van der Waals surface area contributed by atoms with Crippen LogP contribution in [0.1, 0.15) is 57.7 Å². The molecular weight excluding hydrogens is 406 g/mol. The first-order chi connectivity index (χ1) is 15.4. The number of likely N-dealkylation sites (tertiary alicyclic amines) is 1. The minimum Gasteiger partial charge on any atom is -0.507 e. The Balaban J connectivity index is 2.09. The minimum atomic E-state index is -0.673. The molecule has 3 rings (SSSR count). The SMILES string of the molecule is CCCCN1C(=O)C(=O)/C(=C(\O)c2cccc(OCC)c2)C1c1ccc(OC(C)C)cc1. The summed E-state index contributed by atoms with van der Waals surface area (Å²) in [7, 11) is 0. The first-order valence-corrected chi connectivity index (χ1v) is 11.2. The van der Waals surface area contributed by atoms with E-state index in [2.05, 4.69) is 0 Å². The predicted octanol–water partition coefficient (Wildman–Crippen LogP) is 5.09. The third-order valence-electron chi connectivity index (χ3n) is 5.28. The molecule has 0 aromatic heterocycles. The molecule has 1 aliphatic heterocycles. The van der Waals surface area contributed by atoms with Gasteiger partial charge in [0.15, 0.2) is 0 Å². The molecule has 2 aromatic carbocycles. The second-order valence-electron chi connectivity index (χ2n) is 8.04. The summed E-state index contributed by atoms with van der Waals surface area (Å²) < 4.78 is 11.3. The van der Waals surface area contributed by atoms with Crippen LogP contribution in [0, 0.1) is 0 Å². The average molecular weight is 438 g/mol. The number of hydrogen-bond donors (Lipinski definition) is 1. The van der Waals surface area contributed by atoms with Crippen molar-refractivity contribution in [1.29, 1.82) is 0 Å². The van der Waals surface area contributed by atoms with Gasteiger partial charge in [0.25, 0.3) is 11.7 Å². The number of aliphatic hydroxyl groups excluding tert-OH is 1. The summed E-state index contributed by atoms with van der Waals surface area (Å²) in [6.07, 6.45) is 1.68. The van der Waals surface area contributed by atoms with Gasteiger partial charge in [0.2, 0.25) is 0 Å². The maximum absolute atomic E-state index is 13.0. The maximum atomic E-state index is 13.0. The number of carbonyl (C=O) groups is 2. The highest BCUT2D eigenvalue weighted by Gasteiger charge is 2.45. The van der Waals surface area contributed by atoms with Crippen molar-refractivity contribution in [3.05, 3.63) is 65.2 Å². The van der Waals surface area contributed by atoms with Gasteiger partial charge in [-0.05, 0) is 57.0 Å². The van der Waals surface area contributed by atoms with Crippen LogP contribution < -0.4 is 9.47 Å². The fourth-order valence-corrected chi connectivity index (χ4v) is 3.84. The first-order valence-electron chi connectivity index (χ1n) is 11.2. The molecule has 0 spiro atoms. The molecule has 1 heterocycles. The lowest BCUT2D eigenvalue weighted by Gasteiger charge is -2.25. The first kappa shape index (κ1) is 23.4. The zero-order valence-corrected chi connectivity index (χ0v) is 19.1. The molecule has 0 aliphatic carbocycles. The Morgan fingerprint density at radius 1 is 1.06 bits per heavy atom. The van der Waals surface area contributed by atoms with Crippen LogP contribution >= 0.6 is 0 Å². The second kappa shape index (κ2) is 10.4. The van der Waals surface area contributed by atoms with Gasteiger partial charge in [0.1, 0.15) is 17.3 Å². The summed E-state index contributed by atoms with van der Waals surface area (Å²) in [4.78, 5) is 27.5. The van der Waals surface area contributed by atoms with E-state index in [0.29, 0.717) is 30.2 Å². The van der Waals surface area contributed by atoms with E-state index in [9.17, 15) is 14.7 Å². The molecule has 1 unspecified atom stereocenters. The zero-order valence-electron chi connectivity index (χ0n) is 19.1. The van der Waals surface area contributed by atoms with Crippen molar-refractivity contribution in [3.8, 4) is 11.5 Å². The quantitative estimate of drug-likeness (QED) is 0.336. The van der Waals surface area contributed by atoms with E-state index in [-0.39, 0.29) is 17.4 Å². The highest BCUT2D eigenvalue weighted by Crippen LogP contribution is 2.40. The standard InChI is InChI=1S/C26H31NO5/c1-5-7-15-27-23(18-11-13-20(14-12-18)32-17(3)4)22(25(29)26(27)30)24(28)19-9-8-10-21(16-19)31-6-2/h8-14,16-17,23,28H,5-7,15H2,1-4H3/b24-22-. The van der Waals surface area contributed by atoms with Crippen LogP contribution in [-0.2, 0) is 9.59 Å². The topological polar surface area (TPSA) is 76.1 Å². The predicted molar refractivity (Wildman–Crippen MR) is 124 cm³/mol. The van der Waals surface area contributed by atoms with Crippen LogP contribution in [0.15, 0.2) is 54.1 Å². The maximum Gasteiger partial charge on any atom is 0.295 e. The van der Waals surface area contributed by atoms with E-state index < -0.39 is 17.7 Å². The van der Waals surface area contributed by atoms with E-state index in [1.54, 1.807) is 29.2 Å². The van der Waals surface area contributed by atoms with Gasteiger partial charge in [-0.3, -0.25) is 9.59 Å². The van der Waals surface area contributed by atoms with Crippen LogP contribution in [0.5, 0.6) is 11.5 Å². The summed E-state index contributed by atoms with van der Waals surface area (Å²) in [6, 6.07) is 13.6. The molecule has 1 saturated heterocycles. The monoisotopic (exact) mass is 437 g/mol. The van der Waals surface area contributed by atoms with Crippen molar-refractivity contribution in [3.63, 3.8) is 0 Å². The number of carbonyl (C=O) groups excluding carboxylic acids is 2. The molecule has 0 radical (unpaired) electrons. The summed E-state index contributed by atoms with van der Waals surface area (Å²) in [5.74, 6) is -0.167. The summed E-state index contributed by atoms with van der Waals surface area (Å²) in [5.41, 5.74) is 1.28. The zero-order chi connectivity index (χ0) is 23.3. The molecule has 2 aromatic rings. The number of aliphatic hydroxyl groups is 1. The largest absolute Gasteiger partial charge is 0.507 e. The third kappa shape index (κ3) is 4.96. The molecular formula is C26H31NO5. The molecule has 1 atom stereocenters. The Morgan fingerprint density at radius 3 is 2.41 bits per heavy atom. The van der Waals surface area contributed by atoms with Gasteiger partial charge in [-0.1, -0.05) is 37.6 Å². The van der Waals surface area contributed by atoms with Crippen LogP contribution in [0.2, 0.25) is 0 Å². The van der Waals surface area contributed by atoms with Crippen LogP contribution in [-0.4, -0.2) is 41.0 Å². The molecule has 1 amide bonds. The number of amides is 1. The number of ether oxygens (including phenoxy) is 2. The number of hydrogen-bond acceptors (Lipinski definition) is 5. The summed E-state index contributed by atoms with van der Waals surface area (Å²) in [6.45, 7) is 8.72. The van der Waals surface area contributed by atoms with Crippen molar-refractivity contribution in [2.45, 2.75) is 52.7 Å². The molecule has 6 nitrogen and oxygen atoms in total. The lowest BCUT2D eigenvalue weighted by atomic mass is 9.95. The number of unbranched alkanes of at least 4 members (excludes halogenated alkanes) is 1. The molecule has 1 fully saturated rings. The van der Waals surface area contributed by atoms with E-state index in [0.717, 1.165) is 18.4 Å². The average Bonchev–Trinajstić information content (AvgIpc) is 3.02. The smallest absolute Gasteiger partial charge is 0.295 e. The Bertz CT molecular complexity index is 994. The lowest BCUT2D eigenvalue weighted by molar-refractivity contribution is -0.139. The van der Waals surface area contributed by atoms with Gasteiger partial charge in [-0.15, -0.1) is 0 Å². The molecule has 0 saturated carbocycles. The fraction of sp³-hybridized carbons (Fsp3) is 0.385. The van der Waals surface area contributed by atoms with Gasteiger partial charge in [-0.2, -0.15) is 0 Å². The van der Waals surface area contributed by atoms with E-state index in [1.807, 2.05) is 52.0 Å². The van der Waals surface area contributed by atoms with Crippen molar-refractivity contribution in [2.75, 3.05) is 13.2 Å². The summed E-state index contributed by atoms with van der Waals surface area (Å²) >= 11 is 0. The fourth-order valence-electron chi connectivity index (χ4n) is 3.84. The third-order valence-corrected chi connectivity index (χ3v) is 5.28. The molecule has 1 aliphatic rings. The Morgan fingerprint density at radius 2 is 1.78 bits per heavy atom. The van der Waals surface area contributed by atoms with Crippen molar-refractivity contribution >= 4 is 17.4 Å². The Hall–Kier alpha value is -3.28. The van der Waals surface area contributed by atoms with Crippen molar-refractivity contribution < 1.29 is 24.2 Å². The number of nitrogens with zero attached hydrogens (tertiary/aromatic N) is 1. The molecule has 32 heavy (non-hydrogen) atoms. The number of Topliss-reactive ketones (excluding diaryl/α,β-unsaturated/α-hetero) is 1. The van der Waals surface area contributed by atoms with Gasteiger partial charge in [0.05, 0.1) is 24.3 Å². The van der Waals surface area contributed by atoms with Crippen LogP contribution in [0.4, 0.5) is 0 Å². The number of rotatable bonds is 9. The Labute approximate surface area is 189 Å². The van der Waals surface area contributed by atoms with E-state index in [1.165, 1.54) is 0 Å². The number of ketones is 1. The molecule has 0 bridgehead atoms. The normalized spacial score (nSPS) is 17.8. The molecule has 6 heteroatoms. The molecule has 170 valence electrons. The van der Waals surface area contributed by atoms with Crippen molar-refractivity contribution in [1.82, 2.24) is 4.90 Å². The van der Waals surface area contributed by atoms with E-state index >= 15 is 0 Å². The van der Waals surface area contributed by atoms with Crippen molar-refractivity contribution in [2.24, 2.45) is 0 Å². The second-order valence-corrected chi connectivity index (χ2v) is 8.04. The molecule has 1 N–H and O–H groups in total. The number of benzene rings is 2. The lowest BCUT2D eigenvalue weighted by Crippen LogP contribution is -2.30. The summed E-state index contributed by atoms with van der Waals surface area (Å²) in [5, 5.41) is 11.1. The van der Waals surface area contributed by atoms with Gasteiger partial charge < -0.3 is 19.5 Å². The Kier molecular flexibility index (Phi) is 7.57. The highest BCUT2D eigenvalue weighted by molar-refractivity contribution is 6.46. The van der Waals surface area contributed by atoms with E-state index in [4.69, 9.17) is 9.47 Å².